The van der Waals surface area contributed by atoms with Crippen LogP contribution in [0.15, 0.2) is 47.3 Å². The van der Waals surface area contributed by atoms with Crippen LogP contribution >= 0.6 is 0 Å². The number of furan rings is 1. The molecular weight excluding hydrogens is 249 g/mol. The van der Waals surface area contributed by atoms with Crippen molar-refractivity contribution in [1.82, 2.24) is 0 Å². The van der Waals surface area contributed by atoms with Crippen LogP contribution in [-0.2, 0) is 0 Å². The van der Waals surface area contributed by atoms with E-state index in [1.807, 2.05) is 0 Å². The second-order valence-electron chi connectivity index (χ2n) is 3.58. The molecule has 1 N–H and O–H groups in total. The molecule has 0 bridgehead atoms. The van der Waals surface area contributed by atoms with E-state index in [0.29, 0.717) is 11.1 Å². The zero-order chi connectivity index (χ0) is 13.2. The fourth-order valence-electron chi connectivity index (χ4n) is 1.47. The summed E-state index contributed by atoms with van der Waals surface area (Å²) in [4.78, 5) is 0. The third-order valence-electron chi connectivity index (χ3n) is 2.29. The third-order valence-corrected chi connectivity index (χ3v) is 2.29. The maximum Gasteiger partial charge on any atom is 0.573 e. The summed E-state index contributed by atoms with van der Waals surface area (Å²) >= 11 is 0. The summed E-state index contributed by atoms with van der Waals surface area (Å²) in [5, 5.41) is 9.88. The van der Waals surface area contributed by atoms with Crippen LogP contribution in [0.5, 0.6) is 5.75 Å². The van der Waals surface area contributed by atoms with E-state index in [1.54, 1.807) is 6.07 Å². The van der Waals surface area contributed by atoms with E-state index in [9.17, 15) is 18.3 Å². The number of alkyl halides is 3. The van der Waals surface area contributed by atoms with E-state index >= 15 is 0 Å². The summed E-state index contributed by atoms with van der Waals surface area (Å²) in [7, 11) is 0. The molecule has 18 heavy (non-hydrogen) atoms. The Morgan fingerprint density at radius 2 is 1.72 bits per heavy atom. The van der Waals surface area contributed by atoms with Crippen LogP contribution in [0, 0.1) is 0 Å². The number of hydrogen-bond donors (Lipinski definition) is 1. The summed E-state index contributed by atoms with van der Waals surface area (Å²) in [6.45, 7) is 0. The Bertz CT molecular complexity index is 488. The second kappa shape index (κ2) is 4.73. The van der Waals surface area contributed by atoms with E-state index in [1.165, 1.54) is 24.7 Å². The van der Waals surface area contributed by atoms with E-state index in [2.05, 4.69) is 4.74 Å². The molecule has 0 spiro atoms. The second-order valence-corrected chi connectivity index (χ2v) is 3.58. The van der Waals surface area contributed by atoms with Crippen LogP contribution < -0.4 is 4.74 Å². The molecule has 1 aromatic heterocycles. The normalized spacial score (nSPS) is 13.3. The van der Waals surface area contributed by atoms with Gasteiger partial charge >= 0.3 is 6.36 Å². The van der Waals surface area contributed by atoms with E-state index < -0.39 is 12.5 Å². The molecule has 0 aliphatic heterocycles. The number of rotatable bonds is 3. The van der Waals surface area contributed by atoms with Crippen LogP contribution in [-0.4, -0.2) is 11.5 Å². The zero-order valence-corrected chi connectivity index (χ0v) is 9.02. The summed E-state index contributed by atoms with van der Waals surface area (Å²) in [6.07, 6.45) is -2.89. The van der Waals surface area contributed by atoms with Gasteiger partial charge in [0.1, 0.15) is 11.9 Å². The highest BCUT2D eigenvalue weighted by molar-refractivity contribution is 5.32. The van der Waals surface area contributed by atoms with Crippen molar-refractivity contribution in [2.75, 3.05) is 0 Å². The Balaban J connectivity index is 2.13. The molecular formula is C12H9F3O3. The van der Waals surface area contributed by atoms with Gasteiger partial charge in [-0.15, -0.1) is 13.2 Å². The molecule has 0 aliphatic rings. The standard InChI is InChI=1S/C12H9F3O3/c13-12(14,15)18-10-3-1-8(2-4-10)11(16)9-5-6-17-7-9/h1-7,11,16H. The Kier molecular flexibility index (Phi) is 3.29. The molecule has 96 valence electrons. The van der Waals surface area contributed by atoms with E-state index in [-0.39, 0.29) is 5.75 Å². The highest BCUT2D eigenvalue weighted by Gasteiger charge is 2.31. The van der Waals surface area contributed by atoms with Crippen LogP contribution in [0.4, 0.5) is 13.2 Å². The average molecular weight is 258 g/mol. The fourth-order valence-corrected chi connectivity index (χ4v) is 1.47. The maximum atomic E-state index is 11.9. The maximum absolute atomic E-state index is 11.9. The van der Waals surface area contributed by atoms with Crippen molar-refractivity contribution in [1.29, 1.82) is 0 Å². The molecule has 1 unspecified atom stereocenters. The molecule has 3 nitrogen and oxygen atoms in total. The zero-order valence-electron chi connectivity index (χ0n) is 9.02. The Morgan fingerprint density at radius 1 is 1.06 bits per heavy atom. The van der Waals surface area contributed by atoms with Crippen molar-refractivity contribution in [2.24, 2.45) is 0 Å². The van der Waals surface area contributed by atoms with Gasteiger partial charge in [-0.05, 0) is 23.8 Å². The first-order chi connectivity index (χ1) is 8.46. The van der Waals surface area contributed by atoms with E-state index in [4.69, 9.17) is 4.42 Å². The highest BCUT2D eigenvalue weighted by Crippen LogP contribution is 2.27. The Labute approximate surface area is 100 Å². The third kappa shape index (κ3) is 3.04. The van der Waals surface area contributed by atoms with Gasteiger partial charge in [-0.3, -0.25) is 0 Å². The largest absolute Gasteiger partial charge is 0.573 e. The first-order valence-corrected chi connectivity index (χ1v) is 5.01. The van der Waals surface area contributed by atoms with Crippen molar-refractivity contribution in [3.8, 4) is 5.75 Å². The number of aliphatic hydroxyl groups excluding tert-OH is 1. The predicted octanol–water partition coefficient (Wildman–Crippen LogP) is 3.26. The molecule has 1 heterocycles. The van der Waals surface area contributed by atoms with Crippen molar-refractivity contribution >= 4 is 0 Å². The summed E-state index contributed by atoms with van der Waals surface area (Å²) in [6, 6.07) is 6.58. The predicted molar refractivity (Wildman–Crippen MR) is 55.9 cm³/mol. The van der Waals surface area contributed by atoms with Crippen LogP contribution in [0.1, 0.15) is 17.2 Å². The quantitative estimate of drug-likeness (QED) is 0.918. The molecule has 0 aliphatic carbocycles. The molecule has 6 heteroatoms. The first-order valence-electron chi connectivity index (χ1n) is 5.01. The number of aliphatic hydroxyl groups is 1. The number of benzene rings is 1. The molecule has 1 atom stereocenters. The molecule has 0 amide bonds. The van der Waals surface area contributed by atoms with Gasteiger partial charge in [-0.25, -0.2) is 0 Å². The van der Waals surface area contributed by atoms with Gasteiger partial charge in [0, 0.05) is 5.56 Å². The van der Waals surface area contributed by atoms with Gasteiger partial charge in [0.25, 0.3) is 0 Å². The number of halogens is 3. The lowest BCUT2D eigenvalue weighted by atomic mass is 10.0. The van der Waals surface area contributed by atoms with Crippen molar-refractivity contribution in [3.63, 3.8) is 0 Å². The summed E-state index contributed by atoms with van der Waals surface area (Å²) in [5.41, 5.74) is 0.977. The lowest BCUT2D eigenvalue weighted by Crippen LogP contribution is -2.17. The van der Waals surface area contributed by atoms with Gasteiger partial charge in [-0.2, -0.15) is 0 Å². The summed E-state index contributed by atoms with van der Waals surface area (Å²) < 4.78 is 44.4. The summed E-state index contributed by atoms with van der Waals surface area (Å²) in [5.74, 6) is -0.328. The minimum absolute atomic E-state index is 0.328. The lowest BCUT2D eigenvalue weighted by molar-refractivity contribution is -0.274. The van der Waals surface area contributed by atoms with Gasteiger partial charge in [-0.1, -0.05) is 12.1 Å². The molecule has 2 aromatic rings. The topological polar surface area (TPSA) is 42.6 Å². The van der Waals surface area contributed by atoms with Crippen LogP contribution in [0.25, 0.3) is 0 Å². The Morgan fingerprint density at radius 3 is 2.22 bits per heavy atom. The van der Waals surface area contributed by atoms with Crippen molar-refractivity contribution < 1.29 is 27.4 Å². The smallest absolute Gasteiger partial charge is 0.472 e. The van der Waals surface area contributed by atoms with E-state index in [0.717, 1.165) is 12.1 Å². The fraction of sp³-hybridized carbons (Fsp3) is 0.167. The van der Waals surface area contributed by atoms with Gasteiger partial charge in [0.2, 0.25) is 0 Å². The van der Waals surface area contributed by atoms with Crippen LogP contribution in [0.3, 0.4) is 0 Å². The molecule has 0 fully saturated rings. The van der Waals surface area contributed by atoms with Crippen LogP contribution in [0.2, 0.25) is 0 Å². The minimum atomic E-state index is -4.72. The Hall–Kier alpha value is -1.95. The first kappa shape index (κ1) is 12.5. The van der Waals surface area contributed by atoms with Crippen molar-refractivity contribution in [2.45, 2.75) is 12.5 Å². The molecule has 0 radical (unpaired) electrons. The van der Waals surface area contributed by atoms with Gasteiger partial charge in [0.05, 0.1) is 12.5 Å². The minimum Gasteiger partial charge on any atom is -0.472 e. The van der Waals surface area contributed by atoms with Gasteiger partial charge in [0.15, 0.2) is 0 Å². The molecule has 1 aromatic carbocycles. The molecule has 0 saturated carbocycles. The highest BCUT2D eigenvalue weighted by atomic mass is 19.4. The SMILES string of the molecule is OC(c1ccc(OC(F)(F)F)cc1)c1ccoc1. The lowest BCUT2D eigenvalue weighted by Gasteiger charge is -2.11. The number of ether oxygens (including phenoxy) is 1. The van der Waals surface area contributed by atoms with Gasteiger partial charge < -0.3 is 14.3 Å². The monoisotopic (exact) mass is 258 g/mol. The number of hydrogen-bond acceptors (Lipinski definition) is 3. The molecule has 2 rings (SSSR count). The van der Waals surface area contributed by atoms with Crippen molar-refractivity contribution in [3.05, 3.63) is 54.0 Å². The average Bonchev–Trinajstić information content (AvgIpc) is 2.80. The molecule has 0 saturated heterocycles.